The molecule has 2 aromatic rings. The Kier molecular flexibility index (Phi) is 2.46. The molecule has 78 valence electrons. The Morgan fingerprint density at radius 3 is 2.93 bits per heavy atom. The summed E-state index contributed by atoms with van der Waals surface area (Å²) in [5.74, 6) is 0. The molecule has 0 aliphatic heterocycles. The fourth-order valence-electron chi connectivity index (χ4n) is 1.10. The highest BCUT2D eigenvalue weighted by Crippen LogP contribution is 2.23. The summed E-state index contributed by atoms with van der Waals surface area (Å²) < 4.78 is 0. The molecule has 15 heavy (non-hydrogen) atoms. The van der Waals surface area contributed by atoms with E-state index in [9.17, 15) is 4.79 Å². The lowest BCUT2D eigenvalue weighted by atomic mass is 10.3. The maximum atomic E-state index is 11.5. The molecule has 0 atom stereocenters. The van der Waals surface area contributed by atoms with Gasteiger partial charge in [-0.3, -0.25) is 4.79 Å². The number of nitrogens with zero attached hydrogens (tertiary/aromatic N) is 3. The number of aromatic nitrogens is 4. The predicted molar refractivity (Wildman–Crippen MR) is 58.0 cm³/mol. The minimum atomic E-state index is -0.251. The Hall–Kier alpha value is -1.76. The zero-order valence-corrected chi connectivity index (χ0v) is 9.05. The normalized spacial score (nSPS) is 10.3. The van der Waals surface area contributed by atoms with Crippen LogP contribution in [0.3, 0.4) is 0 Å². The van der Waals surface area contributed by atoms with E-state index < -0.39 is 0 Å². The van der Waals surface area contributed by atoms with Crippen LogP contribution in [0.2, 0.25) is 0 Å². The van der Waals surface area contributed by atoms with Crippen LogP contribution in [0.1, 0.15) is 5.69 Å². The van der Waals surface area contributed by atoms with Crippen LogP contribution < -0.4 is 10.9 Å². The molecule has 0 aliphatic rings. The maximum Gasteiger partial charge on any atom is 0.274 e. The summed E-state index contributed by atoms with van der Waals surface area (Å²) >= 11 is 1.33. The third-order valence-electron chi connectivity index (χ3n) is 1.80. The number of aromatic amines is 1. The number of hydrogen-bond donors (Lipinski definition) is 2. The van der Waals surface area contributed by atoms with Crippen LogP contribution in [0.25, 0.3) is 10.6 Å². The van der Waals surface area contributed by atoms with E-state index in [1.54, 1.807) is 20.0 Å². The molecule has 6 nitrogen and oxygen atoms in total. The molecule has 0 bridgehead atoms. The lowest BCUT2D eigenvalue weighted by Gasteiger charge is -1.94. The van der Waals surface area contributed by atoms with Gasteiger partial charge in [0.15, 0.2) is 5.01 Å². The van der Waals surface area contributed by atoms with E-state index in [-0.39, 0.29) is 5.56 Å². The summed E-state index contributed by atoms with van der Waals surface area (Å²) in [6.07, 6.45) is 0. The fourth-order valence-corrected chi connectivity index (χ4v) is 1.81. The van der Waals surface area contributed by atoms with E-state index in [2.05, 4.69) is 25.7 Å². The molecular formula is C8H9N5OS. The average molecular weight is 223 g/mol. The van der Waals surface area contributed by atoms with Crippen molar-refractivity contribution in [2.45, 2.75) is 6.92 Å². The van der Waals surface area contributed by atoms with Gasteiger partial charge in [-0.2, -0.15) is 5.10 Å². The van der Waals surface area contributed by atoms with Crippen LogP contribution >= 0.6 is 11.3 Å². The van der Waals surface area contributed by atoms with Crippen LogP contribution in [-0.2, 0) is 0 Å². The van der Waals surface area contributed by atoms with Gasteiger partial charge in [0.05, 0.1) is 11.3 Å². The summed E-state index contributed by atoms with van der Waals surface area (Å²) in [7, 11) is 1.76. The SMILES string of the molecule is CNc1nnc(-c2cc(C)n[nH]c2=O)s1. The fraction of sp³-hybridized carbons (Fsp3) is 0.250. The summed E-state index contributed by atoms with van der Waals surface area (Å²) in [5, 5.41) is 18.1. The van der Waals surface area contributed by atoms with Gasteiger partial charge in [-0.15, -0.1) is 10.2 Å². The molecule has 0 saturated carbocycles. The Bertz CT molecular complexity index is 532. The van der Waals surface area contributed by atoms with Gasteiger partial charge in [0.1, 0.15) is 0 Å². The van der Waals surface area contributed by atoms with E-state index in [0.29, 0.717) is 15.7 Å². The molecular weight excluding hydrogens is 214 g/mol. The highest BCUT2D eigenvalue weighted by molar-refractivity contribution is 7.18. The quantitative estimate of drug-likeness (QED) is 0.780. The second-order valence-corrected chi connectivity index (χ2v) is 3.89. The van der Waals surface area contributed by atoms with Crippen molar-refractivity contribution >= 4 is 16.5 Å². The predicted octanol–water partition coefficient (Wildman–Crippen LogP) is 0.639. The van der Waals surface area contributed by atoms with Gasteiger partial charge in [-0.05, 0) is 13.0 Å². The number of aryl methyl sites for hydroxylation is 1. The molecule has 2 N–H and O–H groups in total. The second-order valence-electron chi connectivity index (χ2n) is 2.91. The Balaban J connectivity index is 2.53. The average Bonchev–Trinajstić information content (AvgIpc) is 2.70. The third kappa shape index (κ3) is 1.86. The van der Waals surface area contributed by atoms with Crippen LogP contribution in [0.5, 0.6) is 0 Å². The Morgan fingerprint density at radius 2 is 2.27 bits per heavy atom. The molecule has 0 saturated heterocycles. The molecule has 0 unspecified atom stereocenters. The van der Waals surface area contributed by atoms with Gasteiger partial charge in [0, 0.05) is 7.05 Å². The zero-order valence-electron chi connectivity index (χ0n) is 8.24. The summed E-state index contributed by atoms with van der Waals surface area (Å²) in [6.45, 7) is 1.81. The molecule has 0 aromatic carbocycles. The highest BCUT2D eigenvalue weighted by atomic mass is 32.1. The van der Waals surface area contributed by atoms with Crippen molar-refractivity contribution in [1.29, 1.82) is 0 Å². The first-order valence-electron chi connectivity index (χ1n) is 4.28. The van der Waals surface area contributed by atoms with Crippen LogP contribution in [-0.4, -0.2) is 27.4 Å². The van der Waals surface area contributed by atoms with Crippen molar-refractivity contribution < 1.29 is 0 Å². The number of nitrogens with one attached hydrogen (secondary N) is 2. The van der Waals surface area contributed by atoms with Gasteiger partial charge in [0.25, 0.3) is 5.56 Å². The Morgan fingerprint density at radius 1 is 1.47 bits per heavy atom. The molecule has 0 spiro atoms. The first kappa shape index (κ1) is 9.78. The van der Waals surface area contributed by atoms with Gasteiger partial charge in [-0.25, -0.2) is 5.10 Å². The van der Waals surface area contributed by atoms with E-state index in [4.69, 9.17) is 0 Å². The Labute approximate surface area is 89.4 Å². The van der Waals surface area contributed by atoms with Crippen LogP contribution in [0.15, 0.2) is 10.9 Å². The molecule has 2 rings (SSSR count). The number of rotatable bonds is 2. The molecule has 2 aromatic heterocycles. The first-order chi connectivity index (χ1) is 7.20. The number of anilines is 1. The lowest BCUT2D eigenvalue weighted by molar-refractivity contribution is 0.946. The molecule has 0 amide bonds. The standard InChI is InChI=1S/C8H9N5OS/c1-4-3-5(6(14)11-10-4)7-12-13-8(9-2)15-7/h3H,1-2H3,(H,9,13)(H,11,14). The molecule has 2 heterocycles. The summed E-state index contributed by atoms with van der Waals surface area (Å²) in [6, 6.07) is 1.69. The molecule has 7 heteroatoms. The van der Waals surface area contributed by atoms with Gasteiger partial charge in [-0.1, -0.05) is 11.3 Å². The van der Waals surface area contributed by atoms with E-state index in [1.807, 2.05) is 0 Å². The third-order valence-corrected chi connectivity index (χ3v) is 2.77. The minimum absolute atomic E-state index is 0.251. The van der Waals surface area contributed by atoms with Gasteiger partial charge in [0.2, 0.25) is 5.13 Å². The van der Waals surface area contributed by atoms with Gasteiger partial charge < -0.3 is 5.32 Å². The largest absolute Gasteiger partial charge is 0.363 e. The first-order valence-corrected chi connectivity index (χ1v) is 5.10. The van der Waals surface area contributed by atoms with Gasteiger partial charge >= 0.3 is 0 Å². The smallest absolute Gasteiger partial charge is 0.274 e. The molecule has 0 radical (unpaired) electrons. The second kappa shape index (κ2) is 3.77. The number of hydrogen-bond acceptors (Lipinski definition) is 6. The van der Waals surface area contributed by atoms with Crippen molar-refractivity contribution in [2.75, 3.05) is 12.4 Å². The maximum absolute atomic E-state index is 11.5. The van der Waals surface area contributed by atoms with Crippen LogP contribution in [0, 0.1) is 6.92 Å². The van der Waals surface area contributed by atoms with Crippen molar-refractivity contribution in [1.82, 2.24) is 20.4 Å². The monoisotopic (exact) mass is 223 g/mol. The van der Waals surface area contributed by atoms with Crippen molar-refractivity contribution in [3.8, 4) is 10.6 Å². The molecule has 0 fully saturated rings. The van der Waals surface area contributed by atoms with Crippen molar-refractivity contribution in [3.63, 3.8) is 0 Å². The summed E-state index contributed by atoms with van der Waals surface area (Å²) in [5.41, 5.74) is 0.992. The van der Waals surface area contributed by atoms with E-state index in [1.165, 1.54) is 11.3 Å². The topological polar surface area (TPSA) is 83.6 Å². The van der Waals surface area contributed by atoms with E-state index >= 15 is 0 Å². The van der Waals surface area contributed by atoms with Crippen LogP contribution in [0.4, 0.5) is 5.13 Å². The minimum Gasteiger partial charge on any atom is -0.363 e. The summed E-state index contributed by atoms with van der Waals surface area (Å²) in [4.78, 5) is 11.5. The number of H-pyrrole nitrogens is 1. The lowest BCUT2D eigenvalue weighted by Crippen LogP contribution is -2.11. The van der Waals surface area contributed by atoms with E-state index in [0.717, 1.165) is 5.69 Å². The van der Waals surface area contributed by atoms with Crippen molar-refractivity contribution in [3.05, 3.63) is 22.1 Å². The highest BCUT2D eigenvalue weighted by Gasteiger charge is 2.09. The van der Waals surface area contributed by atoms with Crippen molar-refractivity contribution in [2.24, 2.45) is 0 Å². The molecule has 0 aliphatic carbocycles. The zero-order chi connectivity index (χ0) is 10.8.